The highest BCUT2D eigenvalue weighted by atomic mass is 35.5. The minimum atomic E-state index is -0.591. The maximum Gasteiger partial charge on any atom is 0.253 e. The molecule has 2 amide bonds. The molecule has 0 bridgehead atoms. The van der Waals surface area contributed by atoms with Crippen LogP contribution in [-0.2, 0) is 4.79 Å². The van der Waals surface area contributed by atoms with Crippen LogP contribution in [0.25, 0.3) is 0 Å². The van der Waals surface area contributed by atoms with E-state index in [4.69, 9.17) is 22.1 Å². The molecule has 0 radical (unpaired) electrons. The minimum Gasteiger partial charge on any atom is -0.493 e. The Balaban J connectivity index is 1.76. The smallest absolute Gasteiger partial charge is 0.253 e. The van der Waals surface area contributed by atoms with Gasteiger partial charge in [0.2, 0.25) is 5.91 Å². The third kappa shape index (κ3) is 5.01. The van der Waals surface area contributed by atoms with Crippen LogP contribution < -0.4 is 10.5 Å². The first-order valence-electron chi connectivity index (χ1n) is 9.08. The maximum atomic E-state index is 13.5. The fraction of sp³-hybridized carbons (Fsp3) is 0.333. The predicted octanol–water partition coefficient (Wildman–Crippen LogP) is 3.66. The first-order valence-corrected chi connectivity index (χ1v) is 9.46. The summed E-state index contributed by atoms with van der Waals surface area (Å²) in [6.07, 6.45) is 1.52. The second-order valence-electron chi connectivity index (χ2n) is 7.23. The van der Waals surface area contributed by atoms with E-state index in [2.05, 4.69) is 0 Å². The van der Waals surface area contributed by atoms with Crippen LogP contribution in [-0.4, -0.2) is 36.4 Å². The van der Waals surface area contributed by atoms with Crippen molar-refractivity contribution in [1.29, 1.82) is 0 Å². The molecule has 2 N–H and O–H groups in total. The van der Waals surface area contributed by atoms with Gasteiger partial charge in [0.05, 0.1) is 6.61 Å². The Bertz CT molecular complexity index is 859. The molecule has 1 heterocycles. The number of benzene rings is 2. The molecule has 3 rings (SSSR count). The van der Waals surface area contributed by atoms with Crippen molar-refractivity contribution in [2.75, 3.05) is 19.7 Å². The molecule has 1 aliphatic rings. The van der Waals surface area contributed by atoms with Gasteiger partial charge in [0.15, 0.2) is 0 Å². The largest absolute Gasteiger partial charge is 0.493 e. The number of primary amides is 1. The Hall–Kier alpha value is -2.60. The van der Waals surface area contributed by atoms with Crippen LogP contribution in [0.15, 0.2) is 48.5 Å². The highest BCUT2D eigenvalue weighted by Gasteiger charge is 2.39. The summed E-state index contributed by atoms with van der Waals surface area (Å²) < 4.78 is 19.4. The predicted molar refractivity (Wildman–Crippen MR) is 105 cm³/mol. The number of nitrogens with two attached hydrogens (primary N) is 1. The molecule has 148 valence electrons. The van der Waals surface area contributed by atoms with E-state index in [1.807, 2.05) is 0 Å². The van der Waals surface area contributed by atoms with E-state index < -0.39 is 17.1 Å². The summed E-state index contributed by atoms with van der Waals surface area (Å²) in [6, 6.07) is 12.5. The van der Waals surface area contributed by atoms with Crippen LogP contribution in [0.4, 0.5) is 4.39 Å². The average Bonchev–Trinajstić information content (AvgIpc) is 2.67. The summed E-state index contributed by atoms with van der Waals surface area (Å²) in [6.45, 7) is 1.10. The standard InChI is InChI=1S/C21H22ClFN2O3/c22-16-5-7-18(8-6-16)28-14-21(12-19(24)26)9-2-10-25(13-21)20(27)15-3-1-4-17(23)11-15/h1,3-8,11H,2,9-10,12-14H2,(H2,24,26)/t21-/m1/s1. The lowest BCUT2D eigenvalue weighted by Crippen LogP contribution is -2.50. The normalized spacial score (nSPS) is 19.3. The van der Waals surface area contributed by atoms with Crippen LogP contribution in [0.3, 0.4) is 0 Å². The first-order chi connectivity index (χ1) is 13.4. The number of halogens is 2. The molecule has 0 unspecified atom stereocenters. The van der Waals surface area contributed by atoms with Gasteiger partial charge in [-0.3, -0.25) is 9.59 Å². The molecule has 0 aliphatic carbocycles. The van der Waals surface area contributed by atoms with Crippen molar-refractivity contribution < 1.29 is 18.7 Å². The molecule has 2 aromatic carbocycles. The number of piperidine rings is 1. The second-order valence-corrected chi connectivity index (χ2v) is 7.66. The molecular formula is C21H22ClFN2O3. The van der Waals surface area contributed by atoms with Crippen molar-refractivity contribution in [3.05, 3.63) is 64.9 Å². The third-order valence-electron chi connectivity index (χ3n) is 4.93. The van der Waals surface area contributed by atoms with Gasteiger partial charge >= 0.3 is 0 Å². The van der Waals surface area contributed by atoms with Crippen LogP contribution in [0, 0.1) is 11.2 Å². The van der Waals surface area contributed by atoms with Crippen LogP contribution in [0.2, 0.25) is 5.02 Å². The molecule has 2 aromatic rings. The van der Waals surface area contributed by atoms with Crippen molar-refractivity contribution in [3.8, 4) is 5.75 Å². The highest BCUT2D eigenvalue weighted by Crippen LogP contribution is 2.35. The van der Waals surface area contributed by atoms with Crippen LogP contribution in [0.5, 0.6) is 5.75 Å². The number of carbonyl (C=O) groups is 2. The zero-order chi connectivity index (χ0) is 20.1. The molecule has 28 heavy (non-hydrogen) atoms. The summed E-state index contributed by atoms with van der Waals surface area (Å²) in [7, 11) is 0. The SMILES string of the molecule is NC(=O)C[C@]1(COc2ccc(Cl)cc2)CCCN(C(=O)c2cccc(F)c2)C1. The molecule has 1 saturated heterocycles. The summed E-state index contributed by atoms with van der Waals surface area (Å²) in [5, 5.41) is 0.601. The number of rotatable bonds is 6. The van der Waals surface area contributed by atoms with Crippen LogP contribution in [0.1, 0.15) is 29.6 Å². The molecule has 1 aliphatic heterocycles. The zero-order valence-corrected chi connectivity index (χ0v) is 16.1. The van der Waals surface area contributed by atoms with Gasteiger partial charge in [-0.05, 0) is 55.3 Å². The molecule has 1 fully saturated rings. The Kier molecular flexibility index (Phi) is 6.19. The van der Waals surface area contributed by atoms with E-state index in [9.17, 15) is 14.0 Å². The van der Waals surface area contributed by atoms with Gasteiger partial charge in [0.1, 0.15) is 11.6 Å². The summed E-state index contributed by atoms with van der Waals surface area (Å²) in [4.78, 5) is 26.2. The molecule has 0 spiro atoms. The average molecular weight is 405 g/mol. The molecule has 5 nitrogen and oxygen atoms in total. The van der Waals surface area contributed by atoms with Crippen molar-refractivity contribution in [2.24, 2.45) is 11.1 Å². The Morgan fingerprint density at radius 3 is 2.64 bits per heavy atom. The van der Waals surface area contributed by atoms with Crippen molar-refractivity contribution in [2.45, 2.75) is 19.3 Å². The summed E-state index contributed by atoms with van der Waals surface area (Å²) in [5.74, 6) is -0.543. The van der Waals surface area contributed by atoms with Gasteiger partial charge in [-0.25, -0.2) is 4.39 Å². The fourth-order valence-corrected chi connectivity index (χ4v) is 3.76. The third-order valence-corrected chi connectivity index (χ3v) is 5.18. The monoisotopic (exact) mass is 404 g/mol. The number of nitrogens with zero attached hydrogens (tertiary/aromatic N) is 1. The molecule has 1 atom stereocenters. The quantitative estimate of drug-likeness (QED) is 0.798. The number of amides is 2. The Morgan fingerprint density at radius 2 is 1.96 bits per heavy atom. The van der Waals surface area contributed by atoms with Crippen molar-refractivity contribution in [1.82, 2.24) is 4.90 Å². The summed E-state index contributed by atoms with van der Waals surface area (Å²) >= 11 is 5.89. The highest BCUT2D eigenvalue weighted by molar-refractivity contribution is 6.30. The number of hydrogen-bond donors (Lipinski definition) is 1. The van der Waals surface area contributed by atoms with E-state index in [1.165, 1.54) is 18.2 Å². The van der Waals surface area contributed by atoms with Crippen molar-refractivity contribution in [3.63, 3.8) is 0 Å². The van der Waals surface area contributed by atoms with Crippen LogP contribution >= 0.6 is 11.6 Å². The maximum absolute atomic E-state index is 13.5. The van der Waals surface area contributed by atoms with Gasteiger partial charge in [-0.1, -0.05) is 17.7 Å². The lowest BCUT2D eigenvalue weighted by molar-refractivity contribution is -0.122. The number of ether oxygens (including phenoxy) is 1. The Labute approximate surface area is 168 Å². The summed E-state index contributed by atoms with van der Waals surface area (Å²) in [5.41, 5.74) is 5.18. The van der Waals surface area contributed by atoms with Gasteiger partial charge in [-0.2, -0.15) is 0 Å². The van der Waals surface area contributed by atoms with E-state index in [-0.39, 0.29) is 24.5 Å². The topological polar surface area (TPSA) is 72.6 Å². The van der Waals surface area contributed by atoms with E-state index >= 15 is 0 Å². The Morgan fingerprint density at radius 1 is 1.21 bits per heavy atom. The zero-order valence-electron chi connectivity index (χ0n) is 15.4. The van der Waals surface area contributed by atoms with E-state index in [0.717, 1.165) is 0 Å². The lowest BCUT2D eigenvalue weighted by Gasteiger charge is -2.42. The molecule has 0 aromatic heterocycles. The fourth-order valence-electron chi connectivity index (χ4n) is 3.64. The van der Waals surface area contributed by atoms with Gasteiger partial charge in [0.25, 0.3) is 5.91 Å². The number of hydrogen-bond acceptors (Lipinski definition) is 3. The van der Waals surface area contributed by atoms with Gasteiger partial charge in [-0.15, -0.1) is 0 Å². The molecule has 0 saturated carbocycles. The number of carbonyl (C=O) groups excluding carboxylic acids is 2. The molecular weight excluding hydrogens is 383 g/mol. The van der Waals surface area contributed by atoms with Crippen molar-refractivity contribution >= 4 is 23.4 Å². The molecule has 7 heteroatoms. The minimum absolute atomic E-state index is 0.105. The van der Waals surface area contributed by atoms with Gasteiger partial charge in [0, 0.05) is 35.5 Å². The van der Waals surface area contributed by atoms with E-state index in [1.54, 1.807) is 35.2 Å². The number of likely N-dealkylation sites (tertiary alicyclic amines) is 1. The van der Waals surface area contributed by atoms with Gasteiger partial charge < -0.3 is 15.4 Å². The lowest BCUT2D eigenvalue weighted by atomic mass is 9.77. The van der Waals surface area contributed by atoms with E-state index in [0.29, 0.717) is 36.7 Å². The second kappa shape index (κ2) is 8.61. The first kappa shape index (κ1) is 20.1.